The van der Waals surface area contributed by atoms with E-state index < -0.39 is 9.84 Å². The number of hydrogen-bond donors (Lipinski definition) is 1. The van der Waals surface area contributed by atoms with Gasteiger partial charge in [0, 0.05) is 31.7 Å². The van der Waals surface area contributed by atoms with Crippen LogP contribution in [0, 0.1) is 0 Å². The van der Waals surface area contributed by atoms with Crippen LogP contribution in [-0.4, -0.2) is 75.0 Å². The molecule has 2 aliphatic rings. The van der Waals surface area contributed by atoms with Crippen LogP contribution in [0.25, 0.3) is 0 Å². The Balaban J connectivity index is 2.13. The lowest BCUT2D eigenvalue weighted by Gasteiger charge is -2.39. The normalized spacial score (nSPS) is 35.9. The van der Waals surface area contributed by atoms with E-state index in [9.17, 15) is 8.42 Å². The van der Waals surface area contributed by atoms with E-state index in [0.717, 1.165) is 32.6 Å². The summed E-state index contributed by atoms with van der Waals surface area (Å²) >= 11 is 0. The number of rotatable bonds is 2. The molecule has 0 radical (unpaired) electrons. The van der Waals surface area contributed by atoms with Crippen molar-refractivity contribution in [1.82, 2.24) is 9.80 Å². The van der Waals surface area contributed by atoms with Gasteiger partial charge in [-0.15, -0.1) is 0 Å². The van der Waals surface area contributed by atoms with Gasteiger partial charge in [-0.3, -0.25) is 4.90 Å². The van der Waals surface area contributed by atoms with E-state index in [1.165, 1.54) is 0 Å². The summed E-state index contributed by atoms with van der Waals surface area (Å²) in [5, 5.41) is 0. The lowest BCUT2D eigenvalue weighted by molar-refractivity contribution is 0.121. The Labute approximate surface area is 104 Å². The minimum Gasteiger partial charge on any atom is -0.329 e. The van der Waals surface area contributed by atoms with E-state index in [2.05, 4.69) is 16.8 Å². The molecule has 2 aliphatic heterocycles. The molecule has 0 aromatic carbocycles. The summed E-state index contributed by atoms with van der Waals surface area (Å²) in [5.74, 6) is 0.552. The molecule has 0 aromatic heterocycles. The van der Waals surface area contributed by atoms with Gasteiger partial charge in [0.25, 0.3) is 0 Å². The molecule has 6 heteroatoms. The third-order valence-electron chi connectivity index (χ3n) is 4.14. The highest BCUT2D eigenvalue weighted by Crippen LogP contribution is 2.29. The molecule has 17 heavy (non-hydrogen) atoms. The maximum absolute atomic E-state index is 11.7. The highest BCUT2D eigenvalue weighted by atomic mass is 32.2. The Morgan fingerprint density at radius 2 is 2.00 bits per heavy atom. The van der Waals surface area contributed by atoms with Crippen molar-refractivity contribution < 1.29 is 8.42 Å². The number of hydrogen-bond acceptors (Lipinski definition) is 5. The van der Waals surface area contributed by atoms with Gasteiger partial charge in [0.15, 0.2) is 9.84 Å². The lowest BCUT2D eigenvalue weighted by atomic mass is 9.96. The molecule has 2 N–H and O–H groups in total. The second kappa shape index (κ2) is 4.84. The van der Waals surface area contributed by atoms with Gasteiger partial charge < -0.3 is 10.6 Å². The second-order valence-electron chi connectivity index (χ2n) is 5.41. The summed E-state index contributed by atoms with van der Waals surface area (Å²) in [4.78, 5) is 4.62. The van der Waals surface area contributed by atoms with Crippen molar-refractivity contribution in [3.05, 3.63) is 0 Å². The molecule has 0 amide bonds. The zero-order valence-corrected chi connectivity index (χ0v) is 11.4. The van der Waals surface area contributed by atoms with E-state index in [4.69, 9.17) is 5.73 Å². The first-order valence-electron chi connectivity index (χ1n) is 6.32. The summed E-state index contributed by atoms with van der Waals surface area (Å²) < 4.78 is 23.4. The van der Waals surface area contributed by atoms with Gasteiger partial charge >= 0.3 is 0 Å². The number of nitrogens with two attached hydrogens (primary N) is 1. The van der Waals surface area contributed by atoms with Gasteiger partial charge in [0.05, 0.1) is 11.5 Å². The smallest absolute Gasteiger partial charge is 0.152 e. The molecule has 1 atom stereocenters. The maximum atomic E-state index is 11.7. The Kier molecular flexibility index (Phi) is 3.77. The molecule has 0 bridgehead atoms. The Morgan fingerprint density at radius 1 is 1.24 bits per heavy atom. The Bertz CT molecular complexity index is 371. The van der Waals surface area contributed by atoms with Crippen LogP contribution in [0.5, 0.6) is 0 Å². The summed E-state index contributed by atoms with van der Waals surface area (Å²) in [7, 11) is -0.761. The van der Waals surface area contributed by atoms with Gasteiger partial charge in [0.1, 0.15) is 0 Å². The third kappa shape index (κ3) is 2.81. The highest BCUT2D eigenvalue weighted by molar-refractivity contribution is 7.91. The molecule has 0 aromatic rings. The van der Waals surface area contributed by atoms with Crippen LogP contribution in [-0.2, 0) is 9.84 Å². The second-order valence-corrected chi connectivity index (χ2v) is 7.60. The predicted molar refractivity (Wildman–Crippen MR) is 68.7 cm³/mol. The van der Waals surface area contributed by atoms with E-state index in [1.807, 2.05) is 0 Å². The molecule has 5 nitrogen and oxygen atoms in total. The quantitative estimate of drug-likeness (QED) is 0.701. The van der Waals surface area contributed by atoms with Crippen molar-refractivity contribution in [2.45, 2.75) is 18.4 Å². The molecule has 0 saturated carbocycles. The van der Waals surface area contributed by atoms with Crippen LogP contribution < -0.4 is 5.73 Å². The standard InChI is InChI=1S/C11H23N3O2S/c1-13-4-2-5-14(7-6-13)11(9-12)3-8-17(15,16)10-11/h2-10,12H2,1H3. The number of nitrogens with zero attached hydrogens (tertiary/aromatic N) is 2. The van der Waals surface area contributed by atoms with Gasteiger partial charge in [-0.1, -0.05) is 0 Å². The summed E-state index contributed by atoms with van der Waals surface area (Å²) in [6.45, 7) is 4.45. The van der Waals surface area contributed by atoms with Crippen LogP contribution >= 0.6 is 0 Å². The molecule has 2 rings (SSSR count). The fourth-order valence-electron chi connectivity index (χ4n) is 2.96. The molecule has 2 saturated heterocycles. The molecule has 0 spiro atoms. The van der Waals surface area contributed by atoms with Crippen LogP contribution in [0.2, 0.25) is 0 Å². The zero-order valence-electron chi connectivity index (χ0n) is 10.6. The first-order chi connectivity index (χ1) is 7.97. The fraction of sp³-hybridized carbons (Fsp3) is 1.00. The summed E-state index contributed by atoms with van der Waals surface area (Å²) in [6.07, 6.45) is 1.80. The van der Waals surface area contributed by atoms with Gasteiger partial charge in [0.2, 0.25) is 0 Å². The van der Waals surface area contributed by atoms with E-state index in [-0.39, 0.29) is 11.3 Å². The van der Waals surface area contributed by atoms with E-state index in [0.29, 0.717) is 18.7 Å². The molecular weight excluding hydrogens is 238 g/mol. The molecule has 1 unspecified atom stereocenters. The predicted octanol–water partition coefficient (Wildman–Crippen LogP) is -0.860. The van der Waals surface area contributed by atoms with E-state index in [1.54, 1.807) is 0 Å². The van der Waals surface area contributed by atoms with Gasteiger partial charge in [-0.05, 0) is 26.4 Å². The monoisotopic (exact) mass is 261 g/mol. The Morgan fingerprint density at radius 3 is 2.59 bits per heavy atom. The number of likely N-dealkylation sites (N-methyl/N-ethyl adjacent to an activating group) is 1. The average molecular weight is 261 g/mol. The minimum absolute atomic E-state index is 0.250. The fourth-order valence-corrected chi connectivity index (χ4v) is 5.06. The molecule has 2 fully saturated rings. The van der Waals surface area contributed by atoms with E-state index >= 15 is 0 Å². The van der Waals surface area contributed by atoms with Crippen LogP contribution in [0.1, 0.15) is 12.8 Å². The molecule has 0 aliphatic carbocycles. The van der Waals surface area contributed by atoms with Crippen molar-refractivity contribution in [2.75, 3.05) is 51.3 Å². The topological polar surface area (TPSA) is 66.6 Å². The van der Waals surface area contributed by atoms with Crippen LogP contribution in [0.4, 0.5) is 0 Å². The summed E-state index contributed by atoms with van der Waals surface area (Å²) in [6, 6.07) is 0. The van der Waals surface area contributed by atoms with Crippen molar-refractivity contribution in [3.63, 3.8) is 0 Å². The van der Waals surface area contributed by atoms with Gasteiger partial charge in [-0.25, -0.2) is 8.42 Å². The van der Waals surface area contributed by atoms with Crippen molar-refractivity contribution >= 4 is 9.84 Å². The molecule has 100 valence electrons. The zero-order chi connectivity index (χ0) is 12.5. The first kappa shape index (κ1) is 13.3. The largest absolute Gasteiger partial charge is 0.329 e. The molecular formula is C11H23N3O2S. The minimum atomic E-state index is -2.88. The lowest BCUT2D eigenvalue weighted by Crippen LogP contribution is -2.55. The SMILES string of the molecule is CN1CCCN(C2(CN)CCS(=O)(=O)C2)CC1. The Hall–Kier alpha value is -0.170. The van der Waals surface area contributed by atoms with Crippen molar-refractivity contribution in [2.24, 2.45) is 5.73 Å². The average Bonchev–Trinajstić information content (AvgIpc) is 2.46. The van der Waals surface area contributed by atoms with Gasteiger partial charge in [-0.2, -0.15) is 0 Å². The first-order valence-corrected chi connectivity index (χ1v) is 8.14. The summed E-state index contributed by atoms with van der Waals surface area (Å²) in [5.41, 5.74) is 5.60. The highest BCUT2D eigenvalue weighted by Gasteiger charge is 2.45. The van der Waals surface area contributed by atoms with Crippen LogP contribution in [0.3, 0.4) is 0 Å². The third-order valence-corrected chi connectivity index (χ3v) is 5.94. The van der Waals surface area contributed by atoms with Crippen molar-refractivity contribution in [1.29, 1.82) is 0 Å². The molecule has 2 heterocycles. The van der Waals surface area contributed by atoms with Crippen LogP contribution in [0.15, 0.2) is 0 Å². The number of sulfone groups is 1. The maximum Gasteiger partial charge on any atom is 0.152 e. The van der Waals surface area contributed by atoms with Crippen molar-refractivity contribution in [3.8, 4) is 0 Å².